The standard InChI is InChI=1S/C24H24N2O2/c1-24(2,3)20-14-11-19(12-15-20)23(28)26-25-22(27)16-13-18-9-6-8-17-7-4-5-10-21(17)18/h4-16H,1-3H3,(H,25,27)(H,26,28)/b16-13+. The molecule has 4 heteroatoms. The van der Waals surface area contributed by atoms with Gasteiger partial charge in [0.15, 0.2) is 0 Å². The second-order valence-corrected chi connectivity index (χ2v) is 7.67. The second kappa shape index (κ2) is 8.09. The van der Waals surface area contributed by atoms with E-state index in [1.54, 1.807) is 18.2 Å². The van der Waals surface area contributed by atoms with Crippen LogP contribution >= 0.6 is 0 Å². The van der Waals surface area contributed by atoms with Gasteiger partial charge in [0.05, 0.1) is 0 Å². The maximum absolute atomic E-state index is 12.2. The fourth-order valence-electron chi connectivity index (χ4n) is 2.92. The zero-order valence-electron chi connectivity index (χ0n) is 16.3. The van der Waals surface area contributed by atoms with Crippen LogP contribution in [0.25, 0.3) is 16.8 Å². The van der Waals surface area contributed by atoms with Gasteiger partial charge in [-0.3, -0.25) is 20.4 Å². The largest absolute Gasteiger partial charge is 0.269 e. The maximum atomic E-state index is 12.2. The summed E-state index contributed by atoms with van der Waals surface area (Å²) in [6.07, 6.45) is 3.15. The third-order valence-electron chi connectivity index (χ3n) is 4.55. The molecule has 0 atom stereocenters. The van der Waals surface area contributed by atoms with E-state index in [0.717, 1.165) is 21.9 Å². The number of fused-ring (bicyclic) bond motifs is 1. The Balaban J connectivity index is 1.60. The summed E-state index contributed by atoms with van der Waals surface area (Å²) in [5, 5.41) is 2.18. The summed E-state index contributed by atoms with van der Waals surface area (Å²) in [5.41, 5.74) is 7.46. The van der Waals surface area contributed by atoms with Crippen LogP contribution < -0.4 is 10.9 Å². The molecule has 0 spiro atoms. The minimum atomic E-state index is -0.396. The first-order valence-corrected chi connectivity index (χ1v) is 9.21. The monoisotopic (exact) mass is 372 g/mol. The molecular weight excluding hydrogens is 348 g/mol. The number of hydrogen-bond acceptors (Lipinski definition) is 2. The number of benzene rings is 3. The van der Waals surface area contributed by atoms with Crippen molar-refractivity contribution in [2.24, 2.45) is 0 Å². The Morgan fingerprint density at radius 1 is 0.821 bits per heavy atom. The second-order valence-electron chi connectivity index (χ2n) is 7.67. The predicted octanol–water partition coefficient (Wildman–Crippen LogP) is 4.61. The molecular formula is C24H24N2O2. The van der Waals surface area contributed by atoms with Gasteiger partial charge in [-0.15, -0.1) is 0 Å². The average Bonchev–Trinajstić information content (AvgIpc) is 2.69. The smallest absolute Gasteiger partial charge is 0.268 e. The third kappa shape index (κ3) is 4.65. The predicted molar refractivity (Wildman–Crippen MR) is 114 cm³/mol. The fraction of sp³-hybridized carbons (Fsp3) is 0.167. The lowest BCUT2D eigenvalue weighted by molar-refractivity contribution is -0.117. The normalized spacial score (nSPS) is 11.5. The summed E-state index contributed by atoms with van der Waals surface area (Å²) in [7, 11) is 0. The Morgan fingerprint density at radius 2 is 1.50 bits per heavy atom. The number of hydrazine groups is 1. The highest BCUT2D eigenvalue weighted by Gasteiger charge is 2.14. The van der Waals surface area contributed by atoms with Crippen LogP contribution in [0.15, 0.2) is 72.8 Å². The Bertz CT molecular complexity index is 1020. The molecule has 4 nitrogen and oxygen atoms in total. The molecule has 0 unspecified atom stereocenters. The van der Waals surface area contributed by atoms with E-state index in [1.807, 2.05) is 54.6 Å². The SMILES string of the molecule is CC(C)(C)c1ccc(C(=O)NNC(=O)/C=C/c2cccc3ccccc23)cc1. The van der Waals surface area contributed by atoms with Crippen molar-refractivity contribution in [1.82, 2.24) is 10.9 Å². The molecule has 3 rings (SSSR count). The van der Waals surface area contributed by atoms with E-state index >= 15 is 0 Å². The molecule has 0 radical (unpaired) electrons. The van der Waals surface area contributed by atoms with Crippen LogP contribution in [-0.2, 0) is 10.2 Å². The van der Waals surface area contributed by atoms with Crippen LogP contribution in [0.3, 0.4) is 0 Å². The molecule has 2 N–H and O–H groups in total. The molecule has 3 aromatic rings. The first-order chi connectivity index (χ1) is 13.3. The lowest BCUT2D eigenvalue weighted by atomic mass is 9.87. The van der Waals surface area contributed by atoms with Gasteiger partial charge >= 0.3 is 0 Å². The van der Waals surface area contributed by atoms with Crippen LogP contribution in [-0.4, -0.2) is 11.8 Å². The molecule has 0 bridgehead atoms. The Hall–Kier alpha value is -3.40. The van der Waals surface area contributed by atoms with Crippen LogP contribution in [0.5, 0.6) is 0 Å². The van der Waals surface area contributed by atoms with Gasteiger partial charge in [0, 0.05) is 11.6 Å². The van der Waals surface area contributed by atoms with Gasteiger partial charge in [-0.05, 0) is 45.5 Å². The van der Waals surface area contributed by atoms with Crippen molar-refractivity contribution in [3.05, 3.63) is 89.5 Å². The van der Waals surface area contributed by atoms with Gasteiger partial charge in [0.2, 0.25) is 0 Å². The Kier molecular flexibility index (Phi) is 5.59. The van der Waals surface area contributed by atoms with E-state index in [-0.39, 0.29) is 11.3 Å². The zero-order valence-corrected chi connectivity index (χ0v) is 16.3. The minimum absolute atomic E-state index is 0.0234. The quantitative estimate of drug-likeness (QED) is 0.521. The molecule has 0 fully saturated rings. The highest BCUT2D eigenvalue weighted by Crippen LogP contribution is 2.22. The summed E-state index contributed by atoms with van der Waals surface area (Å²) in [5.74, 6) is -0.750. The topological polar surface area (TPSA) is 58.2 Å². The molecule has 2 amide bonds. The first-order valence-electron chi connectivity index (χ1n) is 9.21. The van der Waals surface area contributed by atoms with Gasteiger partial charge in [0.25, 0.3) is 11.8 Å². The van der Waals surface area contributed by atoms with Gasteiger partial charge in [-0.25, -0.2) is 0 Å². The number of rotatable bonds is 3. The van der Waals surface area contributed by atoms with Crippen LogP contribution in [0.2, 0.25) is 0 Å². The number of carbonyl (C=O) groups is 2. The highest BCUT2D eigenvalue weighted by atomic mass is 16.2. The minimum Gasteiger partial charge on any atom is -0.268 e. The van der Waals surface area contributed by atoms with Crippen molar-refractivity contribution < 1.29 is 9.59 Å². The zero-order chi connectivity index (χ0) is 20.1. The number of hydrogen-bond donors (Lipinski definition) is 2. The molecule has 0 saturated heterocycles. The van der Waals surface area contributed by atoms with Gasteiger partial charge in [-0.1, -0.05) is 75.4 Å². The third-order valence-corrected chi connectivity index (χ3v) is 4.55. The maximum Gasteiger partial charge on any atom is 0.269 e. The van der Waals surface area contributed by atoms with Gasteiger partial charge in [-0.2, -0.15) is 0 Å². The number of carbonyl (C=O) groups excluding carboxylic acids is 2. The lowest BCUT2D eigenvalue weighted by Crippen LogP contribution is -2.40. The molecule has 142 valence electrons. The van der Waals surface area contributed by atoms with Crippen molar-refractivity contribution >= 4 is 28.7 Å². The summed E-state index contributed by atoms with van der Waals surface area (Å²) < 4.78 is 0. The van der Waals surface area contributed by atoms with Gasteiger partial charge in [0.1, 0.15) is 0 Å². The summed E-state index contributed by atoms with van der Waals surface area (Å²) in [6, 6.07) is 21.3. The van der Waals surface area contributed by atoms with Crippen molar-refractivity contribution in [1.29, 1.82) is 0 Å². The van der Waals surface area contributed by atoms with E-state index in [2.05, 4.69) is 31.6 Å². The molecule has 0 saturated carbocycles. The molecule has 0 heterocycles. The van der Waals surface area contributed by atoms with Crippen molar-refractivity contribution in [3.63, 3.8) is 0 Å². The number of nitrogens with one attached hydrogen (secondary N) is 2. The van der Waals surface area contributed by atoms with Crippen LogP contribution in [0.4, 0.5) is 0 Å². The van der Waals surface area contributed by atoms with E-state index in [9.17, 15) is 9.59 Å². The van der Waals surface area contributed by atoms with E-state index in [0.29, 0.717) is 5.56 Å². The van der Waals surface area contributed by atoms with Crippen molar-refractivity contribution in [3.8, 4) is 0 Å². The summed E-state index contributed by atoms with van der Waals surface area (Å²) in [6.45, 7) is 6.35. The molecule has 0 aliphatic carbocycles. The van der Waals surface area contributed by atoms with E-state index in [1.165, 1.54) is 6.08 Å². The summed E-state index contributed by atoms with van der Waals surface area (Å²) in [4.78, 5) is 24.3. The fourth-order valence-corrected chi connectivity index (χ4v) is 2.92. The summed E-state index contributed by atoms with van der Waals surface area (Å²) >= 11 is 0. The van der Waals surface area contributed by atoms with Crippen LogP contribution in [0.1, 0.15) is 42.3 Å². The molecule has 0 aliphatic heterocycles. The molecule has 0 aromatic heterocycles. The molecule has 28 heavy (non-hydrogen) atoms. The molecule has 3 aromatic carbocycles. The van der Waals surface area contributed by atoms with Crippen LogP contribution in [0, 0.1) is 0 Å². The van der Waals surface area contributed by atoms with Gasteiger partial charge < -0.3 is 0 Å². The first kappa shape index (κ1) is 19.4. The Morgan fingerprint density at radius 3 is 2.21 bits per heavy atom. The number of amides is 2. The average molecular weight is 372 g/mol. The van der Waals surface area contributed by atoms with E-state index in [4.69, 9.17) is 0 Å². The Labute approximate surface area is 165 Å². The van der Waals surface area contributed by atoms with Crippen molar-refractivity contribution in [2.75, 3.05) is 0 Å². The molecule has 0 aliphatic rings. The lowest BCUT2D eigenvalue weighted by Gasteiger charge is -2.19. The van der Waals surface area contributed by atoms with Crippen molar-refractivity contribution in [2.45, 2.75) is 26.2 Å². The van der Waals surface area contributed by atoms with E-state index < -0.39 is 5.91 Å². The highest BCUT2D eigenvalue weighted by molar-refractivity contribution is 5.99.